The molecule has 0 heterocycles. The third-order valence-corrected chi connectivity index (χ3v) is 4.17. The zero-order valence-corrected chi connectivity index (χ0v) is 11.9. The summed E-state index contributed by atoms with van der Waals surface area (Å²) in [6.07, 6.45) is 0.954. The Kier molecular flexibility index (Phi) is 3.73. The number of ether oxygens (including phenoxy) is 2. The normalized spacial score (nSPS) is 28.6. The first kappa shape index (κ1) is 14.8. The van der Waals surface area contributed by atoms with Gasteiger partial charge in [-0.2, -0.15) is 0 Å². The maximum atomic E-state index is 13.5. The number of hydrogen-bond donors (Lipinski definition) is 1. The summed E-state index contributed by atoms with van der Waals surface area (Å²) in [6.45, 7) is 1.85. The largest absolute Gasteiger partial charge is 0.496 e. The van der Waals surface area contributed by atoms with Crippen LogP contribution in [-0.4, -0.2) is 30.9 Å². The molecule has 1 fully saturated rings. The molecule has 4 nitrogen and oxygen atoms in total. The first-order valence-corrected chi connectivity index (χ1v) is 6.55. The molecule has 0 amide bonds. The Morgan fingerprint density at radius 1 is 1.40 bits per heavy atom. The van der Waals surface area contributed by atoms with Gasteiger partial charge in [0.05, 0.1) is 19.8 Å². The van der Waals surface area contributed by atoms with Crippen molar-refractivity contribution in [3.8, 4) is 5.75 Å². The molecule has 1 saturated carbocycles. The lowest BCUT2D eigenvalue weighted by Crippen LogP contribution is -2.59. The Morgan fingerprint density at radius 3 is 2.55 bits per heavy atom. The Bertz CT molecular complexity index is 521. The van der Waals surface area contributed by atoms with Crippen LogP contribution in [0.4, 0.5) is 4.39 Å². The summed E-state index contributed by atoms with van der Waals surface area (Å²) in [5.74, 6) is -0.495. The zero-order valence-electron chi connectivity index (χ0n) is 11.9. The number of esters is 1. The fourth-order valence-corrected chi connectivity index (χ4v) is 3.02. The van der Waals surface area contributed by atoms with E-state index in [0.29, 0.717) is 17.7 Å². The van der Waals surface area contributed by atoms with Crippen LogP contribution in [0, 0.1) is 5.82 Å². The fraction of sp³-hybridized carbons (Fsp3) is 0.533. The van der Waals surface area contributed by atoms with E-state index in [2.05, 4.69) is 0 Å². The van der Waals surface area contributed by atoms with Gasteiger partial charge in [-0.15, -0.1) is 0 Å². The van der Waals surface area contributed by atoms with Gasteiger partial charge in [0.1, 0.15) is 17.0 Å². The van der Waals surface area contributed by atoms with Crippen molar-refractivity contribution in [3.63, 3.8) is 0 Å². The van der Waals surface area contributed by atoms with Crippen molar-refractivity contribution in [2.75, 3.05) is 14.2 Å². The van der Waals surface area contributed by atoms with Crippen molar-refractivity contribution in [1.82, 2.24) is 0 Å². The molecule has 0 radical (unpaired) electrons. The van der Waals surface area contributed by atoms with Gasteiger partial charge in [-0.05, 0) is 37.5 Å². The summed E-state index contributed by atoms with van der Waals surface area (Å²) in [4.78, 5) is 12.2. The van der Waals surface area contributed by atoms with E-state index < -0.39 is 22.8 Å². The van der Waals surface area contributed by atoms with Crippen LogP contribution in [-0.2, 0) is 14.9 Å². The predicted molar refractivity (Wildman–Crippen MR) is 71.1 cm³/mol. The lowest BCUT2D eigenvalue weighted by Gasteiger charge is -2.51. The highest BCUT2D eigenvalue weighted by Crippen LogP contribution is 2.54. The third kappa shape index (κ3) is 2.16. The van der Waals surface area contributed by atoms with Crippen LogP contribution in [0.5, 0.6) is 5.75 Å². The number of rotatable bonds is 4. The average molecular weight is 282 g/mol. The molecule has 1 aliphatic rings. The molecule has 0 unspecified atom stereocenters. The second-order valence-electron chi connectivity index (χ2n) is 5.35. The lowest BCUT2D eigenvalue weighted by atomic mass is 9.55. The van der Waals surface area contributed by atoms with Crippen molar-refractivity contribution < 1.29 is 23.8 Å². The third-order valence-electron chi connectivity index (χ3n) is 4.17. The number of benzene rings is 1. The van der Waals surface area contributed by atoms with Crippen LogP contribution in [0.1, 0.15) is 31.7 Å². The van der Waals surface area contributed by atoms with Gasteiger partial charge in [0.25, 0.3) is 0 Å². The Balaban J connectivity index is 2.49. The van der Waals surface area contributed by atoms with E-state index in [4.69, 9.17) is 9.47 Å². The van der Waals surface area contributed by atoms with Gasteiger partial charge in [-0.25, -0.2) is 4.39 Å². The fourth-order valence-electron chi connectivity index (χ4n) is 3.02. The van der Waals surface area contributed by atoms with E-state index in [9.17, 15) is 14.3 Å². The molecule has 0 saturated heterocycles. The van der Waals surface area contributed by atoms with E-state index in [-0.39, 0.29) is 12.8 Å². The molecule has 1 N–H and O–H groups in total. The summed E-state index contributed by atoms with van der Waals surface area (Å²) in [7, 11) is 2.76. The monoisotopic (exact) mass is 282 g/mol. The van der Waals surface area contributed by atoms with Gasteiger partial charge in [0, 0.05) is 5.56 Å². The maximum absolute atomic E-state index is 13.5. The van der Waals surface area contributed by atoms with E-state index in [1.54, 1.807) is 0 Å². The molecule has 5 heteroatoms. The summed E-state index contributed by atoms with van der Waals surface area (Å²) >= 11 is 0. The number of carbonyl (C=O) groups is 1. The minimum absolute atomic E-state index is 0.211. The van der Waals surface area contributed by atoms with Crippen molar-refractivity contribution >= 4 is 5.97 Å². The molecule has 0 aliphatic heterocycles. The molecular weight excluding hydrogens is 263 g/mol. The molecule has 1 aromatic rings. The van der Waals surface area contributed by atoms with E-state index >= 15 is 0 Å². The number of hydrogen-bond acceptors (Lipinski definition) is 4. The van der Waals surface area contributed by atoms with Crippen LogP contribution in [0.25, 0.3) is 0 Å². The predicted octanol–water partition coefficient (Wildman–Crippen LogP) is 2.18. The Morgan fingerprint density at radius 2 is 2.05 bits per heavy atom. The van der Waals surface area contributed by atoms with Gasteiger partial charge in [0.15, 0.2) is 0 Å². The number of methoxy groups -OCH3 is 2. The SMILES string of the molecule is CCC1(O)CC(C(=O)OC)(c2cc(F)ccc2OC)C1. The zero-order chi connectivity index (χ0) is 15.0. The number of carbonyl (C=O) groups excluding carboxylic acids is 1. The minimum atomic E-state index is -1.03. The molecule has 0 bridgehead atoms. The Labute approximate surface area is 117 Å². The highest BCUT2D eigenvalue weighted by molar-refractivity contribution is 5.86. The van der Waals surface area contributed by atoms with Crippen LogP contribution < -0.4 is 4.74 Å². The summed E-state index contributed by atoms with van der Waals surface area (Å²) in [5.41, 5.74) is -1.51. The second kappa shape index (κ2) is 5.05. The highest BCUT2D eigenvalue weighted by atomic mass is 19.1. The summed E-state index contributed by atoms with van der Waals surface area (Å²) < 4.78 is 23.6. The Hall–Kier alpha value is -1.62. The van der Waals surface area contributed by atoms with Gasteiger partial charge in [-0.3, -0.25) is 4.79 Å². The van der Waals surface area contributed by atoms with Crippen molar-refractivity contribution in [1.29, 1.82) is 0 Å². The molecule has 0 atom stereocenters. The van der Waals surface area contributed by atoms with E-state index in [0.717, 1.165) is 0 Å². The maximum Gasteiger partial charge on any atom is 0.316 e. The van der Waals surface area contributed by atoms with Crippen molar-refractivity contribution in [2.45, 2.75) is 37.2 Å². The van der Waals surface area contributed by atoms with Gasteiger partial charge >= 0.3 is 5.97 Å². The standard InChI is InChI=1S/C15H19FO4/c1-4-14(18)8-15(9-14,13(17)20-3)11-7-10(16)5-6-12(11)19-2/h5-7,18H,4,8-9H2,1-3H3. The van der Waals surface area contributed by atoms with Crippen molar-refractivity contribution in [2.24, 2.45) is 0 Å². The van der Waals surface area contributed by atoms with Crippen molar-refractivity contribution in [3.05, 3.63) is 29.6 Å². The van der Waals surface area contributed by atoms with E-state index in [1.165, 1.54) is 32.4 Å². The smallest absolute Gasteiger partial charge is 0.316 e. The quantitative estimate of drug-likeness (QED) is 0.860. The molecule has 2 rings (SSSR count). The van der Waals surface area contributed by atoms with Crippen LogP contribution >= 0.6 is 0 Å². The van der Waals surface area contributed by atoms with E-state index in [1.807, 2.05) is 6.92 Å². The molecule has 0 aromatic heterocycles. The topological polar surface area (TPSA) is 55.8 Å². The second-order valence-corrected chi connectivity index (χ2v) is 5.35. The molecule has 1 aromatic carbocycles. The molecule has 0 spiro atoms. The van der Waals surface area contributed by atoms with Gasteiger partial charge < -0.3 is 14.6 Å². The van der Waals surface area contributed by atoms with Crippen LogP contribution in [0.2, 0.25) is 0 Å². The molecule has 20 heavy (non-hydrogen) atoms. The minimum Gasteiger partial charge on any atom is -0.496 e. The lowest BCUT2D eigenvalue weighted by molar-refractivity contribution is -0.168. The molecular formula is C15H19FO4. The molecule has 110 valence electrons. The van der Waals surface area contributed by atoms with Crippen LogP contribution in [0.3, 0.4) is 0 Å². The highest BCUT2D eigenvalue weighted by Gasteiger charge is 2.60. The van der Waals surface area contributed by atoms with Crippen LogP contribution in [0.15, 0.2) is 18.2 Å². The van der Waals surface area contributed by atoms with Gasteiger partial charge in [0.2, 0.25) is 0 Å². The number of halogens is 1. The molecule has 1 aliphatic carbocycles. The first-order chi connectivity index (χ1) is 9.40. The average Bonchev–Trinajstić information content (AvgIpc) is 2.42. The summed E-state index contributed by atoms with van der Waals surface area (Å²) in [6, 6.07) is 4.04. The van der Waals surface area contributed by atoms with Gasteiger partial charge in [-0.1, -0.05) is 6.92 Å². The summed E-state index contributed by atoms with van der Waals surface area (Å²) in [5, 5.41) is 10.3. The number of aliphatic hydroxyl groups is 1. The first-order valence-electron chi connectivity index (χ1n) is 6.55.